The first-order valence-corrected chi connectivity index (χ1v) is 11.7. The number of aromatic nitrogens is 1. The molecule has 0 saturated heterocycles. The molecule has 0 aliphatic heterocycles. The van der Waals surface area contributed by atoms with Gasteiger partial charge in [0.05, 0.1) is 22.8 Å². The highest BCUT2D eigenvalue weighted by Crippen LogP contribution is 2.20. The fourth-order valence-electron chi connectivity index (χ4n) is 3.13. The molecule has 0 spiro atoms. The molecule has 176 valence electrons. The van der Waals surface area contributed by atoms with Crippen LogP contribution in [-0.2, 0) is 21.4 Å². The molecule has 10 heteroatoms. The first kappa shape index (κ1) is 24.4. The van der Waals surface area contributed by atoms with E-state index in [-0.39, 0.29) is 30.1 Å². The van der Waals surface area contributed by atoms with Crippen LogP contribution in [0.2, 0.25) is 0 Å². The first-order valence-electron chi connectivity index (χ1n) is 10.3. The smallest absolute Gasteiger partial charge is 0.255 e. The van der Waals surface area contributed by atoms with Gasteiger partial charge in [0, 0.05) is 24.4 Å². The third-order valence-corrected chi connectivity index (χ3v) is 6.46. The molecule has 1 heterocycles. The van der Waals surface area contributed by atoms with Gasteiger partial charge in [0.15, 0.2) is 0 Å². The number of hydrogen-bond acceptors (Lipinski definition) is 7. The van der Waals surface area contributed by atoms with Crippen molar-refractivity contribution in [1.82, 2.24) is 9.88 Å². The van der Waals surface area contributed by atoms with E-state index >= 15 is 0 Å². The number of aryl methyl sites for hydroxylation is 2. The quantitative estimate of drug-likeness (QED) is 0.463. The number of nitrogens with zero attached hydrogens (tertiary/aromatic N) is 1. The van der Waals surface area contributed by atoms with Gasteiger partial charge in [0.25, 0.3) is 5.91 Å². The Labute approximate surface area is 193 Å². The monoisotopic (exact) mass is 473 g/mol. The number of hydrogen-bond donors (Lipinski definition) is 2. The van der Waals surface area contributed by atoms with Gasteiger partial charge >= 0.3 is 0 Å². The minimum absolute atomic E-state index is 0.0955. The lowest BCUT2D eigenvalue weighted by molar-refractivity contribution is 0.102. The summed E-state index contributed by atoms with van der Waals surface area (Å²) >= 11 is 0. The Morgan fingerprint density at radius 1 is 1.15 bits per heavy atom. The Balaban J connectivity index is 1.63. The number of anilines is 1. The SMILES string of the molecule is COC[C@@H](C)NS(=O)(=O)c1ccc(NC(=O)c2cccc(OCc3c(C)noc3C)c2)cc1. The van der Waals surface area contributed by atoms with E-state index in [4.69, 9.17) is 14.0 Å². The van der Waals surface area contributed by atoms with Crippen LogP contribution in [0.4, 0.5) is 5.69 Å². The maximum atomic E-state index is 12.7. The number of carbonyl (C=O) groups is 1. The Kier molecular flexibility index (Phi) is 7.85. The van der Waals surface area contributed by atoms with E-state index in [0.29, 0.717) is 22.8 Å². The standard InChI is InChI=1S/C23H27N3O6S/c1-15(13-30-4)26-33(28,29)21-10-8-19(9-11-21)24-23(27)18-6-5-7-20(12-18)31-14-22-16(2)25-32-17(22)3/h5-12,15,26H,13-14H2,1-4H3,(H,24,27)/t15-/m1/s1. The summed E-state index contributed by atoms with van der Waals surface area (Å²) in [5.74, 6) is 0.871. The van der Waals surface area contributed by atoms with E-state index in [9.17, 15) is 13.2 Å². The maximum Gasteiger partial charge on any atom is 0.255 e. The van der Waals surface area contributed by atoms with Crippen molar-refractivity contribution in [1.29, 1.82) is 0 Å². The average Bonchev–Trinajstić information content (AvgIpc) is 3.10. The molecule has 0 aliphatic carbocycles. The lowest BCUT2D eigenvalue weighted by Crippen LogP contribution is -2.35. The molecule has 3 rings (SSSR count). The minimum atomic E-state index is -3.69. The van der Waals surface area contributed by atoms with Crippen LogP contribution in [0.5, 0.6) is 5.75 Å². The summed E-state index contributed by atoms with van der Waals surface area (Å²) in [5, 5.41) is 6.66. The van der Waals surface area contributed by atoms with E-state index in [1.807, 2.05) is 13.8 Å². The fourth-order valence-corrected chi connectivity index (χ4v) is 4.36. The van der Waals surface area contributed by atoms with Crippen LogP contribution < -0.4 is 14.8 Å². The zero-order valence-electron chi connectivity index (χ0n) is 18.9. The van der Waals surface area contributed by atoms with Crippen LogP contribution in [0.25, 0.3) is 0 Å². The third kappa shape index (κ3) is 6.41. The summed E-state index contributed by atoms with van der Waals surface area (Å²) in [5.41, 5.74) is 2.49. The molecule has 0 fully saturated rings. The number of ether oxygens (including phenoxy) is 2. The van der Waals surface area contributed by atoms with Crippen LogP contribution in [0.15, 0.2) is 57.9 Å². The average molecular weight is 474 g/mol. The van der Waals surface area contributed by atoms with Crippen molar-refractivity contribution in [3.05, 3.63) is 71.1 Å². The number of amides is 1. The van der Waals surface area contributed by atoms with Crippen LogP contribution in [-0.4, -0.2) is 39.2 Å². The minimum Gasteiger partial charge on any atom is -0.489 e. The Morgan fingerprint density at radius 3 is 2.52 bits per heavy atom. The molecule has 0 saturated carbocycles. The zero-order valence-corrected chi connectivity index (χ0v) is 19.7. The summed E-state index contributed by atoms with van der Waals surface area (Å²) < 4.78 is 43.2. The highest BCUT2D eigenvalue weighted by molar-refractivity contribution is 7.89. The first-order chi connectivity index (χ1) is 15.7. The number of methoxy groups -OCH3 is 1. The second-order valence-corrected chi connectivity index (χ2v) is 9.29. The van der Waals surface area contributed by atoms with E-state index < -0.39 is 10.0 Å². The lowest BCUT2D eigenvalue weighted by Gasteiger charge is -2.13. The Bertz CT molecular complexity index is 1190. The molecular weight excluding hydrogens is 446 g/mol. The highest BCUT2D eigenvalue weighted by atomic mass is 32.2. The van der Waals surface area contributed by atoms with E-state index in [2.05, 4.69) is 15.2 Å². The highest BCUT2D eigenvalue weighted by Gasteiger charge is 2.17. The van der Waals surface area contributed by atoms with Gasteiger partial charge in [0.2, 0.25) is 10.0 Å². The topological polar surface area (TPSA) is 120 Å². The van der Waals surface area contributed by atoms with E-state index in [1.54, 1.807) is 31.2 Å². The molecule has 0 bridgehead atoms. The van der Waals surface area contributed by atoms with Crippen molar-refractivity contribution in [3.8, 4) is 5.75 Å². The molecule has 1 aromatic heterocycles. The summed E-state index contributed by atoms with van der Waals surface area (Å²) in [4.78, 5) is 12.8. The predicted octanol–water partition coefficient (Wildman–Crippen LogP) is 3.44. The molecule has 1 atom stereocenters. The summed E-state index contributed by atoms with van der Waals surface area (Å²) in [6.45, 7) is 5.90. The fraction of sp³-hybridized carbons (Fsp3) is 0.304. The molecule has 2 aromatic carbocycles. The lowest BCUT2D eigenvalue weighted by atomic mass is 10.2. The van der Waals surface area contributed by atoms with Crippen molar-refractivity contribution in [2.75, 3.05) is 19.0 Å². The zero-order chi connectivity index (χ0) is 24.0. The largest absolute Gasteiger partial charge is 0.489 e. The molecule has 0 unspecified atom stereocenters. The second-order valence-electron chi connectivity index (χ2n) is 7.58. The van der Waals surface area contributed by atoms with Crippen LogP contribution >= 0.6 is 0 Å². The van der Waals surface area contributed by atoms with Gasteiger partial charge in [-0.3, -0.25) is 4.79 Å². The van der Waals surface area contributed by atoms with Gasteiger partial charge in [-0.05, 0) is 63.2 Å². The van der Waals surface area contributed by atoms with Gasteiger partial charge < -0.3 is 19.3 Å². The number of nitrogens with one attached hydrogen (secondary N) is 2. The second kappa shape index (κ2) is 10.6. The van der Waals surface area contributed by atoms with Crippen LogP contribution in [0, 0.1) is 13.8 Å². The van der Waals surface area contributed by atoms with Gasteiger partial charge in [-0.25, -0.2) is 13.1 Å². The Morgan fingerprint density at radius 2 is 1.88 bits per heavy atom. The van der Waals surface area contributed by atoms with Gasteiger partial charge in [-0.15, -0.1) is 0 Å². The van der Waals surface area contributed by atoms with Crippen molar-refractivity contribution < 1.29 is 27.2 Å². The van der Waals surface area contributed by atoms with Crippen LogP contribution in [0.1, 0.15) is 34.3 Å². The molecule has 0 aliphatic rings. The van der Waals surface area contributed by atoms with Gasteiger partial charge in [-0.1, -0.05) is 11.2 Å². The van der Waals surface area contributed by atoms with Gasteiger partial charge in [0.1, 0.15) is 18.1 Å². The number of benzene rings is 2. The Hall–Kier alpha value is -3.21. The normalized spacial score (nSPS) is 12.4. The number of rotatable bonds is 10. The van der Waals surface area contributed by atoms with Crippen molar-refractivity contribution in [2.45, 2.75) is 38.3 Å². The van der Waals surface area contributed by atoms with Crippen LogP contribution in [0.3, 0.4) is 0 Å². The molecule has 9 nitrogen and oxygen atoms in total. The number of sulfonamides is 1. The molecule has 0 radical (unpaired) electrons. The number of carbonyl (C=O) groups excluding carboxylic acids is 1. The van der Waals surface area contributed by atoms with Crippen molar-refractivity contribution >= 4 is 21.6 Å². The predicted molar refractivity (Wildman–Crippen MR) is 123 cm³/mol. The molecule has 2 N–H and O–H groups in total. The molecule has 1 amide bonds. The van der Waals surface area contributed by atoms with Crippen molar-refractivity contribution in [3.63, 3.8) is 0 Å². The molecular formula is C23H27N3O6S. The summed E-state index contributed by atoms with van der Waals surface area (Å²) in [6, 6.07) is 12.3. The third-order valence-electron chi connectivity index (χ3n) is 4.86. The maximum absolute atomic E-state index is 12.7. The molecule has 3 aromatic rings. The van der Waals surface area contributed by atoms with E-state index in [1.165, 1.54) is 31.4 Å². The summed E-state index contributed by atoms with van der Waals surface area (Å²) in [6.07, 6.45) is 0. The molecule has 33 heavy (non-hydrogen) atoms. The van der Waals surface area contributed by atoms with Crippen molar-refractivity contribution in [2.24, 2.45) is 0 Å². The summed E-state index contributed by atoms with van der Waals surface area (Å²) in [7, 11) is -2.18. The van der Waals surface area contributed by atoms with Gasteiger partial charge in [-0.2, -0.15) is 0 Å². The van der Waals surface area contributed by atoms with E-state index in [0.717, 1.165) is 11.3 Å².